The van der Waals surface area contributed by atoms with Crippen molar-refractivity contribution in [3.8, 4) is 5.75 Å². The van der Waals surface area contributed by atoms with E-state index in [0.29, 0.717) is 13.1 Å². The zero-order chi connectivity index (χ0) is 18.7. The van der Waals surface area contributed by atoms with Gasteiger partial charge in [-0.25, -0.2) is 0 Å². The van der Waals surface area contributed by atoms with Gasteiger partial charge in [0.05, 0.1) is 5.69 Å². The molecule has 1 unspecified atom stereocenters. The molecule has 1 aliphatic heterocycles. The molecule has 6 nitrogen and oxygen atoms in total. The number of aryl methyl sites for hydroxylation is 2. The molecule has 2 aromatic rings. The largest absolute Gasteiger partial charge is 0.481 e. The van der Waals surface area contributed by atoms with E-state index in [9.17, 15) is 4.79 Å². The van der Waals surface area contributed by atoms with E-state index in [-0.39, 0.29) is 5.91 Å². The fourth-order valence-electron chi connectivity index (χ4n) is 3.07. The van der Waals surface area contributed by atoms with Gasteiger partial charge in [-0.3, -0.25) is 4.79 Å². The molecule has 1 aromatic heterocycles. The molecule has 1 fully saturated rings. The highest BCUT2D eigenvalue weighted by Gasteiger charge is 2.27. The SMILES string of the molecule is Cc1ccc(N2CCN(C(=O)C(C)Oc3cccc(C)c3C)CC2)nn1. The number of rotatable bonds is 4. The Morgan fingerprint density at radius 3 is 2.42 bits per heavy atom. The fraction of sp³-hybridized carbons (Fsp3) is 0.450. The molecule has 6 heteroatoms. The Bertz CT molecular complexity index is 768. The quantitative estimate of drug-likeness (QED) is 0.844. The number of nitrogens with zero attached hydrogens (tertiary/aromatic N) is 4. The number of amides is 1. The van der Waals surface area contributed by atoms with Crippen molar-refractivity contribution in [2.75, 3.05) is 31.1 Å². The number of anilines is 1. The van der Waals surface area contributed by atoms with E-state index >= 15 is 0 Å². The van der Waals surface area contributed by atoms with E-state index in [0.717, 1.165) is 41.5 Å². The van der Waals surface area contributed by atoms with Gasteiger partial charge in [-0.15, -0.1) is 5.10 Å². The highest BCUT2D eigenvalue weighted by molar-refractivity contribution is 5.81. The summed E-state index contributed by atoms with van der Waals surface area (Å²) >= 11 is 0. The lowest BCUT2D eigenvalue weighted by molar-refractivity contribution is -0.138. The third kappa shape index (κ3) is 3.95. The lowest BCUT2D eigenvalue weighted by Gasteiger charge is -2.36. The van der Waals surface area contributed by atoms with Gasteiger partial charge in [0.1, 0.15) is 5.75 Å². The first-order valence-corrected chi connectivity index (χ1v) is 9.02. The zero-order valence-electron chi connectivity index (χ0n) is 15.9. The smallest absolute Gasteiger partial charge is 0.263 e. The number of aromatic nitrogens is 2. The molecule has 2 heterocycles. The maximum atomic E-state index is 12.7. The topological polar surface area (TPSA) is 58.6 Å². The Balaban J connectivity index is 1.57. The molecule has 3 rings (SSSR count). The van der Waals surface area contributed by atoms with Crippen molar-refractivity contribution in [1.82, 2.24) is 15.1 Å². The van der Waals surface area contributed by atoms with Crippen molar-refractivity contribution < 1.29 is 9.53 Å². The molecule has 0 N–H and O–H groups in total. The Kier molecular flexibility index (Phi) is 5.40. The molecule has 0 aliphatic carbocycles. The van der Waals surface area contributed by atoms with Gasteiger partial charge < -0.3 is 14.5 Å². The summed E-state index contributed by atoms with van der Waals surface area (Å²) in [5.41, 5.74) is 3.14. The van der Waals surface area contributed by atoms with Crippen LogP contribution in [0.1, 0.15) is 23.7 Å². The number of hydrogen-bond donors (Lipinski definition) is 0. The van der Waals surface area contributed by atoms with Gasteiger partial charge >= 0.3 is 0 Å². The van der Waals surface area contributed by atoms with Crippen molar-refractivity contribution in [2.24, 2.45) is 0 Å². The van der Waals surface area contributed by atoms with Crippen LogP contribution >= 0.6 is 0 Å². The van der Waals surface area contributed by atoms with Gasteiger partial charge in [0.25, 0.3) is 5.91 Å². The Hall–Kier alpha value is -2.63. The standard InChI is InChI=1S/C20H26N4O2/c1-14-6-5-7-18(16(14)3)26-17(4)20(25)24-12-10-23(11-13-24)19-9-8-15(2)21-22-19/h5-9,17H,10-13H2,1-4H3. The second-order valence-corrected chi connectivity index (χ2v) is 6.80. The molecule has 0 radical (unpaired) electrons. The molecule has 1 saturated heterocycles. The first-order chi connectivity index (χ1) is 12.5. The van der Waals surface area contributed by atoms with Gasteiger partial charge in [-0.1, -0.05) is 12.1 Å². The summed E-state index contributed by atoms with van der Waals surface area (Å²) in [4.78, 5) is 16.8. The van der Waals surface area contributed by atoms with E-state index in [2.05, 4.69) is 15.1 Å². The summed E-state index contributed by atoms with van der Waals surface area (Å²) in [5, 5.41) is 8.34. The monoisotopic (exact) mass is 354 g/mol. The summed E-state index contributed by atoms with van der Waals surface area (Å²) in [6, 6.07) is 9.85. The van der Waals surface area contributed by atoms with E-state index in [1.54, 1.807) is 0 Å². The van der Waals surface area contributed by atoms with Crippen LogP contribution < -0.4 is 9.64 Å². The van der Waals surface area contributed by atoms with Crippen molar-refractivity contribution >= 4 is 11.7 Å². The molecule has 0 saturated carbocycles. The fourth-order valence-corrected chi connectivity index (χ4v) is 3.07. The Morgan fingerprint density at radius 1 is 1.04 bits per heavy atom. The van der Waals surface area contributed by atoms with E-state index < -0.39 is 6.10 Å². The summed E-state index contributed by atoms with van der Waals surface area (Å²) < 4.78 is 5.94. The summed E-state index contributed by atoms with van der Waals surface area (Å²) in [7, 11) is 0. The van der Waals surface area contributed by atoms with Gasteiger partial charge in [0, 0.05) is 26.2 Å². The summed E-state index contributed by atoms with van der Waals surface area (Å²) in [6.07, 6.45) is -0.499. The molecule has 0 bridgehead atoms. The van der Waals surface area contributed by atoms with E-state index in [1.807, 2.05) is 62.9 Å². The van der Waals surface area contributed by atoms with Gasteiger partial charge in [-0.05, 0) is 57.0 Å². The first kappa shape index (κ1) is 18.2. The molecular weight excluding hydrogens is 328 g/mol. The molecule has 138 valence electrons. The van der Waals surface area contributed by atoms with Crippen LogP contribution in [-0.2, 0) is 4.79 Å². The third-order valence-corrected chi connectivity index (χ3v) is 4.91. The second kappa shape index (κ2) is 7.72. The Morgan fingerprint density at radius 2 is 1.77 bits per heavy atom. The third-order valence-electron chi connectivity index (χ3n) is 4.91. The average Bonchev–Trinajstić information content (AvgIpc) is 2.65. The number of ether oxygens (including phenoxy) is 1. The highest BCUT2D eigenvalue weighted by Crippen LogP contribution is 2.22. The van der Waals surface area contributed by atoms with Gasteiger partial charge in [0.15, 0.2) is 11.9 Å². The molecule has 1 amide bonds. The number of hydrogen-bond acceptors (Lipinski definition) is 5. The first-order valence-electron chi connectivity index (χ1n) is 9.02. The molecule has 0 spiro atoms. The maximum absolute atomic E-state index is 12.7. The summed E-state index contributed by atoms with van der Waals surface area (Å²) in [6.45, 7) is 10.6. The van der Waals surface area contributed by atoms with Crippen LogP contribution in [-0.4, -0.2) is 53.3 Å². The molecule has 1 aliphatic rings. The van der Waals surface area contributed by atoms with Crippen LogP contribution in [0.15, 0.2) is 30.3 Å². The summed E-state index contributed by atoms with van der Waals surface area (Å²) in [5.74, 6) is 1.67. The average molecular weight is 354 g/mol. The van der Waals surface area contributed by atoms with E-state index in [4.69, 9.17) is 4.74 Å². The van der Waals surface area contributed by atoms with Crippen LogP contribution in [0.5, 0.6) is 5.75 Å². The highest BCUT2D eigenvalue weighted by atomic mass is 16.5. The zero-order valence-corrected chi connectivity index (χ0v) is 15.9. The number of piperazine rings is 1. The van der Waals surface area contributed by atoms with Gasteiger partial charge in [0.2, 0.25) is 0 Å². The van der Waals surface area contributed by atoms with Crippen LogP contribution in [0.2, 0.25) is 0 Å². The van der Waals surface area contributed by atoms with Crippen LogP contribution in [0.25, 0.3) is 0 Å². The second-order valence-electron chi connectivity index (χ2n) is 6.80. The lowest BCUT2D eigenvalue weighted by Crippen LogP contribution is -2.52. The molecular formula is C20H26N4O2. The van der Waals surface area contributed by atoms with Crippen molar-refractivity contribution in [3.05, 3.63) is 47.2 Å². The van der Waals surface area contributed by atoms with Crippen LogP contribution in [0, 0.1) is 20.8 Å². The minimum absolute atomic E-state index is 0.0283. The predicted molar refractivity (Wildman–Crippen MR) is 102 cm³/mol. The molecule has 1 aromatic carbocycles. The number of benzene rings is 1. The van der Waals surface area contributed by atoms with E-state index in [1.165, 1.54) is 0 Å². The van der Waals surface area contributed by atoms with Crippen LogP contribution in [0.4, 0.5) is 5.82 Å². The maximum Gasteiger partial charge on any atom is 0.263 e. The minimum atomic E-state index is -0.499. The predicted octanol–water partition coefficient (Wildman–Crippen LogP) is 2.52. The number of carbonyl (C=O) groups is 1. The van der Waals surface area contributed by atoms with Crippen LogP contribution in [0.3, 0.4) is 0 Å². The lowest BCUT2D eigenvalue weighted by atomic mass is 10.1. The molecule has 26 heavy (non-hydrogen) atoms. The minimum Gasteiger partial charge on any atom is -0.481 e. The van der Waals surface area contributed by atoms with Crippen molar-refractivity contribution in [2.45, 2.75) is 33.8 Å². The Labute approximate surface area is 154 Å². The number of carbonyl (C=O) groups excluding carboxylic acids is 1. The normalized spacial score (nSPS) is 15.7. The van der Waals surface area contributed by atoms with Crippen molar-refractivity contribution in [1.29, 1.82) is 0 Å². The van der Waals surface area contributed by atoms with Gasteiger partial charge in [-0.2, -0.15) is 5.10 Å². The molecule has 1 atom stereocenters. The van der Waals surface area contributed by atoms with Crippen molar-refractivity contribution in [3.63, 3.8) is 0 Å².